The van der Waals surface area contributed by atoms with Crippen LogP contribution in [-0.4, -0.2) is 41.4 Å². The van der Waals surface area contributed by atoms with E-state index in [4.69, 9.17) is 11.6 Å². The van der Waals surface area contributed by atoms with E-state index in [9.17, 15) is 14.9 Å². The monoisotopic (exact) mass is 359 g/mol. The second kappa shape index (κ2) is 7.11. The Kier molecular flexibility index (Phi) is 4.90. The highest BCUT2D eigenvalue weighted by Crippen LogP contribution is 2.23. The third-order valence-electron chi connectivity index (χ3n) is 4.41. The maximum absolute atomic E-state index is 12.7. The fourth-order valence-corrected chi connectivity index (χ4v) is 3.16. The minimum atomic E-state index is -0.408. The molecular formula is C18H18ClN3O3. The highest BCUT2D eigenvalue weighted by molar-refractivity contribution is 6.30. The first-order chi connectivity index (χ1) is 12.0. The summed E-state index contributed by atoms with van der Waals surface area (Å²) in [7, 11) is 0. The van der Waals surface area contributed by atoms with E-state index in [1.807, 2.05) is 11.8 Å². The summed E-state index contributed by atoms with van der Waals surface area (Å²) in [5, 5.41) is 11.4. The standard InChI is InChI=1S/C18H18ClN3O3/c1-13-12-20(16-6-8-17(9-7-16)22(24)25)10-11-21(13)18(23)14-2-4-15(19)5-3-14/h2-9,13H,10-12H2,1H3/t13-/m1/s1. The van der Waals surface area contributed by atoms with Crippen molar-refractivity contribution < 1.29 is 9.72 Å². The molecule has 130 valence electrons. The molecule has 2 aromatic carbocycles. The lowest BCUT2D eigenvalue weighted by Crippen LogP contribution is -2.54. The quantitative estimate of drug-likeness (QED) is 0.620. The summed E-state index contributed by atoms with van der Waals surface area (Å²) in [6, 6.07) is 13.4. The highest BCUT2D eigenvalue weighted by atomic mass is 35.5. The molecule has 0 aromatic heterocycles. The van der Waals surface area contributed by atoms with Gasteiger partial charge in [-0.1, -0.05) is 11.6 Å². The molecule has 0 saturated carbocycles. The van der Waals surface area contributed by atoms with E-state index in [-0.39, 0.29) is 17.6 Å². The summed E-state index contributed by atoms with van der Waals surface area (Å²) >= 11 is 5.87. The molecule has 1 aliphatic rings. The minimum Gasteiger partial charge on any atom is -0.368 e. The van der Waals surface area contributed by atoms with Gasteiger partial charge >= 0.3 is 0 Å². The van der Waals surface area contributed by atoms with E-state index >= 15 is 0 Å². The lowest BCUT2D eigenvalue weighted by molar-refractivity contribution is -0.384. The lowest BCUT2D eigenvalue weighted by atomic mass is 10.1. The van der Waals surface area contributed by atoms with Crippen molar-refractivity contribution in [3.05, 3.63) is 69.2 Å². The number of hydrogen-bond acceptors (Lipinski definition) is 4. The van der Waals surface area contributed by atoms with Crippen molar-refractivity contribution in [3.8, 4) is 0 Å². The molecule has 2 aromatic rings. The zero-order valence-electron chi connectivity index (χ0n) is 13.8. The smallest absolute Gasteiger partial charge is 0.269 e. The second-order valence-corrected chi connectivity index (χ2v) is 6.51. The number of nitrogens with zero attached hydrogens (tertiary/aromatic N) is 3. The van der Waals surface area contributed by atoms with Crippen LogP contribution in [0.2, 0.25) is 5.02 Å². The summed E-state index contributed by atoms with van der Waals surface area (Å²) in [4.78, 5) is 27.0. The topological polar surface area (TPSA) is 66.7 Å². The van der Waals surface area contributed by atoms with Crippen molar-refractivity contribution in [3.63, 3.8) is 0 Å². The van der Waals surface area contributed by atoms with Crippen LogP contribution in [0.1, 0.15) is 17.3 Å². The summed E-state index contributed by atoms with van der Waals surface area (Å²) in [5.74, 6) is -0.00693. The predicted octanol–water partition coefficient (Wildman–Crippen LogP) is 3.60. The van der Waals surface area contributed by atoms with Crippen LogP contribution in [0, 0.1) is 10.1 Å². The largest absolute Gasteiger partial charge is 0.368 e. The van der Waals surface area contributed by atoms with Crippen molar-refractivity contribution in [1.29, 1.82) is 0 Å². The second-order valence-electron chi connectivity index (χ2n) is 6.07. The van der Waals surface area contributed by atoms with Crippen molar-refractivity contribution in [2.75, 3.05) is 24.5 Å². The number of rotatable bonds is 3. The van der Waals surface area contributed by atoms with Crippen LogP contribution < -0.4 is 4.90 Å². The van der Waals surface area contributed by atoms with Crippen LogP contribution >= 0.6 is 11.6 Å². The number of benzene rings is 2. The van der Waals surface area contributed by atoms with Crippen LogP contribution in [-0.2, 0) is 0 Å². The van der Waals surface area contributed by atoms with Crippen molar-refractivity contribution in [2.45, 2.75) is 13.0 Å². The molecule has 7 heteroatoms. The predicted molar refractivity (Wildman–Crippen MR) is 97.3 cm³/mol. The first kappa shape index (κ1) is 17.2. The highest BCUT2D eigenvalue weighted by Gasteiger charge is 2.28. The van der Waals surface area contributed by atoms with Gasteiger partial charge in [-0.3, -0.25) is 14.9 Å². The van der Waals surface area contributed by atoms with Gasteiger partial charge in [-0.15, -0.1) is 0 Å². The summed E-state index contributed by atoms with van der Waals surface area (Å²) in [5.41, 5.74) is 1.63. The van der Waals surface area contributed by atoms with E-state index in [2.05, 4.69) is 4.90 Å². The Morgan fingerprint density at radius 1 is 1.12 bits per heavy atom. The zero-order valence-corrected chi connectivity index (χ0v) is 14.5. The number of carbonyl (C=O) groups is 1. The molecule has 1 aliphatic heterocycles. The number of carbonyl (C=O) groups excluding carboxylic acids is 1. The van der Waals surface area contributed by atoms with Gasteiger partial charge in [-0.2, -0.15) is 0 Å². The molecule has 0 N–H and O–H groups in total. The number of nitro groups is 1. The average Bonchev–Trinajstić information content (AvgIpc) is 2.62. The third kappa shape index (κ3) is 3.74. The molecule has 1 fully saturated rings. The molecule has 1 saturated heterocycles. The summed E-state index contributed by atoms with van der Waals surface area (Å²) in [6.45, 7) is 3.96. The van der Waals surface area contributed by atoms with Gasteiger partial charge in [0.2, 0.25) is 0 Å². The van der Waals surface area contributed by atoms with Gasteiger partial charge in [0.15, 0.2) is 0 Å². The van der Waals surface area contributed by atoms with Crippen molar-refractivity contribution >= 4 is 28.9 Å². The number of amides is 1. The van der Waals surface area contributed by atoms with Gasteiger partial charge in [-0.05, 0) is 43.3 Å². The first-order valence-corrected chi connectivity index (χ1v) is 8.39. The van der Waals surface area contributed by atoms with E-state index in [1.54, 1.807) is 36.4 Å². The van der Waals surface area contributed by atoms with Gasteiger partial charge in [0.1, 0.15) is 0 Å². The molecule has 0 radical (unpaired) electrons. The SMILES string of the molecule is C[C@@H]1CN(c2ccc([N+](=O)[O-])cc2)CCN1C(=O)c1ccc(Cl)cc1. The summed E-state index contributed by atoms with van der Waals surface area (Å²) in [6.07, 6.45) is 0. The van der Waals surface area contributed by atoms with Gasteiger partial charge in [0, 0.05) is 54.1 Å². The molecule has 6 nitrogen and oxygen atoms in total. The number of anilines is 1. The first-order valence-electron chi connectivity index (χ1n) is 8.01. The molecule has 3 rings (SSSR count). The van der Waals surface area contributed by atoms with E-state index < -0.39 is 4.92 Å². The fraction of sp³-hybridized carbons (Fsp3) is 0.278. The van der Waals surface area contributed by atoms with Gasteiger partial charge in [0.25, 0.3) is 11.6 Å². The maximum atomic E-state index is 12.7. The van der Waals surface area contributed by atoms with Gasteiger partial charge in [0.05, 0.1) is 4.92 Å². The van der Waals surface area contributed by atoms with E-state index in [0.29, 0.717) is 30.2 Å². The molecule has 1 heterocycles. The molecule has 0 spiro atoms. The van der Waals surface area contributed by atoms with Gasteiger partial charge < -0.3 is 9.80 Å². The molecule has 1 atom stereocenters. The Bertz CT molecular complexity index is 777. The summed E-state index contributed by atoms with van der Waals surface area (Å²) < 4.78 is 0. The fourth-order valence-electron chi connectivity index (χ4n) is 3.04. The van der Waals surface area contributed by atoms with Crippen LogP contribution in [0.15, 0.2) is 48.5 Å². The minimum absolute atomic E-state index is 0.00693. The molecular weight excluding hydrogens is 342 g/mol. The molecule has 0 bridgehead atoms. The zero-order chi connectivity index (χ0) is 18.0. The van der Waals surface area contributed by atoms with Gasteiger partial charge in [-0.25, -0.2) is 0 Å². The van der Waals surface area contributed by atoms with Crippen LogP contribution in [0.5, 0.6) is 0 Å². The molecule has 0 unspecified atom stereocenters. The number of halogens is 1. The van der Waals surface area contributed by atoms with Crippen molar-refractivity contribution in [2.24, 2.45) is 0 Å². The molecule has 25 heavy (non-hydrogen) atoms. The number of non-ortho nitro benzene ring substituents is 1. The Hall–Kier alpha value is -2.60. The molecule has 1 amide bonds. The average molecular weight is 360 g/mol. The number of piperazine rings is 1. The normalized spacial score (nSPS) is 17.4. The number of nitro benzene ring substituents is 1. The lowest BCUT2D eigenvalue weighted by Gasteiger charge is -2.41. The number of hydrogen-bond donors (Lipinski definition) is 0. The van der Waals surface area contributed by atoms with Crippen LogP contribution in [0.25, 0.3) is 0 Å². The van der Waals surface area contributed by atoms with Crippen LogP contribution in [0.4, 0.5) is 11.4 Å². The Morgan fingerprint density at radius 2 is 1.76 bits per heavy atom. The van der Waals surface area contributed by atoms with E-state index in [1.165, 1.54) is 12.1 Å². The maximum Gasteiger partial charge on any atom is 0.269 e. The van der Waals surface area contributed by atoms with E-state index in [0.717, 1.165) is 5.69 Å². The van der Waals surface area contributed by atoms with Crippen molar-refractivity contribution in [1.82, 2.24) is 4.90 Å². The van der Waals surface area contributed by atoms with Crippen LogP contribution in [0.3, 0.4) is 0 Å². The Morgan fingerprint density at radius 3 is 2.32 bits per heavy atom. The Labute approximate surface area is 150 Å². The molecule has 0 aliphatic carbocycles. The Balaban J connectivity index is 1.68. The third-order valence-corrected chi connectivity index (χ3v) is 4.66.